The number of nitrogens with two attached hydrogens (primary N) is 1. The van der Waals surface area contributed by atoms with Gasteiger partial charge in [-0.1, -0.05) is 19.8 Å². The van der Waals surface area contributed by atoms with E-state index >= 15 is 0 Å². The second kappa shape index (κ2) is 7.11. The lowest BCUT2D eigenvalue weighted by atomic mass is 10.0. The Morgan fingerprint density at radius 1 is 1.00 bits per heavy atom. The van der Waals surface area contributed by atoms with Gasteiger partial charge in [-0.2, -0.15) is 0 Å². The van der Waals surface area contributed by atoms with Crippen molar-refractivity contribution in [2.75, 3.05) is 21.3 Å². The number of hydrogen-bond donors (Lipinski definition) is 1. The Balaban J connectivity index is 3.08. The monoisotopic (exact) mass is 253 g/mol. The van der Waals surface area contributed by atoms with Gasteiger partial charge < -0.3 is 19.9 Å². The molecule has 102 valence electrons. The highest BCUT2D eigenvalue weighted by Crippen LogP contribution is 2.37. The van der Waals surface area contributed by atoms with E-state index in [1.807, 2.05) is 12.1 Å². The van der Waals surface area contributed by atoms with Crippen molar-refractivity contribution >= 4 is 0 Å². The molecule has 0 aliphatic rings. The molecule has 1 unspecified atom stereocenters. The third-order valence-corrected chi connectivity index (χ3v) is 3.00. The molecule has 0 saturated heterocycles. The fraction of sp³-hybridized carbons (Fsp3) is 0.571. The molecule has 1 rings (SSSR count). The molecule has 0 radical (unpaired) electrons. The lowest BCUT2D eigenvalue weighted by Crippen LogP contribution is -2.12. The zero-order chi connectivity index (χ0) is 13.5. The highest BCUT2D eigenvalue weighted by molar-refractivity contribution is 5.51. The average molecular weight is 253 g/mol. The van der Waals surface area contributed by atoms with Gasteiger partial charge >= 0.3 is 0 Å². The molecule has 4 heteroatoms. The second-order valence-corrected chi connectivity index (χ2v) is 4.20. The van der Waals surface area contributed by atoms with Gasteiger partial charge in [0.25, 0.3) is 0 Å². The van der Waals surface area contributed by atoms with Gasteiger partial charge in [-0.15, -0.1) is 0 Å². The molecular formula is C14H23NO3. The Bertz CT molecular complexity index is 380. The van der Waals surface area contributed by atoms with Crippen LogP contribution >= 0.6 is 0 Å². The minimum atomic E-state index is -0.0419. The zero-order valence-electron chi connectivity index (χ0n) is 11.7. The Kier molecular flexibility index (Phi) is 5.78. The number of methoxy groups -OCH3 is 3. The summed E-state index contributed by atoms with van der Waals surface area (Å²) in [7, 11) is 4.86. The van der Waals surface area contributed by atoms with Crippen LogP contribution in [0.4, 0.5) is 0 Å². The summed E-state index contributed by atoms with van der Waals surface area (Å²) in [6.07, 6.45) is 3.16. The lowest BCUT2D eigenvalue weighted by Gasteiger charge is -2.18. The number of hydrogen-bond acceptors (Lipinski definition) is 4. The van der Waals surface area contributed by atoms with Crippen LogP contribution in [0.2, 0.25) is 0 Å². The zero-order valence-corrected chi connectivity index (χ0v) is 11.7. The first-order valence-corrected chi connectivity index (χ1v) is 6.23. The molecule has 0 saturated carbocycles. The molecule has 1 atom stereocenters. The Labute approximate surface area is 109 Å². The van der Waals surface area contributed by atoms with E-state index in [0.29, 0.717) is 11.5 Å². The van der Waals surface area contributed by atoms with Crippen molar-refractivity contribution in [2.45, 2.75) is 32.2 Å². The van der Waals surface area contributed by atoms with Gasteiger partial charge in [0.05, 0.1) is 21.3 Å². The van der Waals surface area contributed by atoms with E-state index in [9.17, 15) is 0 Å². The minimum Gasteiger partial charge on any atom is -0.496 e. The fourth-order valence-corrected chi connectivity index (χ4v) is 1.92. The molecule has 1 aromatic carbocycles. The van der Waals surface area contributed by atoms with Crippen LogP contribution in [0.3, 0.4) is 0 Å². The molecule has 0 amide bonds. The van der Waals surface area contributed by atoms with Gasteiger partial charge in [-0.25, -0.2) is 0 Å². The molecule has 0 heterocycles. The summed E-state index contributed by atoms with van der Waals surface area (Å²) in [6.45, 7) is 2.15. The van der Waals surface area contributed by atoms with Gasteiger partial charge in [-0.05, 0) is 12.5 Å². The molecule has 2 N–H and O–H groups in total. The van der Waals surface area contributed by atoms with Crippen molar-refractivity contribution in [3.63, 3.8) is 0 Å². The maximum absolute atomic E-state index is 6.20. The first-order chi connectivity index (χ1) is 8.67. The summed E-state index contributed by atoms with van der Waals surface area (Å²) in [5, 5.41) is 0. The van der Waals surface area contributed by atoms with E-state index in [-0.39, 0.29) is 6.04 Å². The van der Waals surface area contributed by atoms with Gasteiger partial charge in [0.15, 0.2) is 11.5 Å². The summed E-state index contributed by atoms with van der Waals surface area (Å²) < 4.78 is 15.9. The average Bonchev–Trinajstić information content (AvgIpc) is 2.42. The topological polar surface area (TPSA) is 53.7 Å². The predicted octanol–water partition coefficient (Wildman–Crippen LogP) is 2.90. The van der Waals surface area contributed by atoms with Gasteiger partial charge in [0.1, 0.15) is 5.75 Å². The SMILES string of the molecule is CCCCC(N)c1cc(OC)c(OC)cc1OC. The Hall–Kier alpha value is -1.42. The van der Waals surface area contributed by atoms with Gasteiger partial charge in [0, 0.05) is 17.7 Å². The normalized spacial score (nSPS) is 12.1. The Morgan fingerprint density at radius 3 is 2.06 bits per heavy atom. The van der Waals surface area contributed by atoms with Crippen molar-refractivity contribution in [1.82, 2.24) is 0 Å². The van der Waals surface area contributed by atoms with Gasteiger partial charge in [0.2, 0.25) is 0 Å². The van der Waals surface area contributed by atoms with E-state index in [1.165, 1.54) is 0 Å². The van der Waals surface area contributed by atoms with Gasteiger partial charge in [-0.3, -0.25) is 0 Å². The summed E-state index contributed by atoms with van der Waals surface area (Å²) in [5.41, 5.74) is 7.16. The van der Waals surface area contributed by atoms with Crippen LogP contribution in [0.25, 0.3) is 0 Å². The van der Waals surface area contributed by atoms with E-state index in [1.54, 1.807) is 21.3 Å². The van der Waals surface area contributed by atoms with E-state index in [4.69, 9.17) is 19.9 Å². The van der Waals surface area contributed by atoms with E-state index < -0.39 is 0 Å². The summed E-state index contributed by atoms with van der Waals surface area (Å²) in [4.78, 5) is 0. The van der Waals surface area contributed by atoms with Crippen molar-refractivity contribution in [1.29, 1.82) is 0 Å². The highest BCUT2D eigenvalue weighted by atomic mass is 16.5. The fourth-order valence-electron chi connectivity index (χ4n) is 1.92. The largest absolute Gasteiger partial charge is 0.496 e. The quantitative estimate of drug-likeness (QED) is 0.811. The molecule has 0 spiro atoms. The van der Waals surface area contributed by atoms with Crippen LogP contribution < -0.4 is 19.9 Å². The van der Waals surface area contributed by atoms with Crippen LogP contribution in [-0.2, 0) is 0 Å². The molecule has 0 aromatic heterocycles. The molecule has 0 aliphatic carbocycles. The van der Waals surface area contributed by atoms with Crippen molar-refractivity contribution in [2.24, 2.45) is 5.73 Å². The standard InChI is InChI=1S/C14H23NO3/c1-5-6-7-11(15)10-8-13(17-3)14(18-4)9-12(10)16-2/h8-9,11H,5-7,15H2,1-4H3. The van der Waals surface area contributed by atoms with Crippen LogP contribution in [-0.4, -0.2) is 21.3 Å². The lowest BCUT2D eigenvalue weighted by molar-refractivity contribution is 0.346. The molecule has 0 fully saturated rings. The van der Waals surface area contributed by atoms with E-state index in [2.05, 4.69) is 6.92 Å². The number of unbranched alkanes of at least 4 members (excludes halogenated alkanes) is 1. The second-order valence-electron chi connectivity index (χ2n) is 4.20. The molecule has 0 bridgehead atoms. The maximum Gasteiger partial charge on any atom is 0.164 e. The van der Waals surface area contributed by atoms with Crippen LogP contribution in [0.1, 0.15) is 37.8 Å². The molecule has 0 aliphatic heterocycles. The maximum atomic E-state index is 6.20. The number of benzene rings is 1. The third kappa shape index (κ3) is 3.29. The van der Waals surface area contributed by atoms with Crippen LogP contribution in [0.15, 0.2) is 12.1 Å². The molecule has 18 heavy (non-hydrogen) atoms. The van der Waals surface area contributed by atoms with Crippen molar-refractivity contribution in [3.05, 3.63) is 17.7 Å². The van der Waals surface area contributed by atoms with Crippen LogP contribution in [0.5, 0.6) is 17.2 Å². The number of rotatable bonds is 7. The van der Waals surface area contributed by atoms with Crippen molar-refractivity contribution < 1.29 is 14.2 Å². The first-order valence-electron chi connectivity index (χ1n) is 6.23. The molecule has 1 aromatic rings. The van der Waals surface area contributed by atoms with Crippen molar-refractivity contribution in [3.8, 4) is 17.2 Å². The third-order valence-electron chi connectivity index (χ3n) is 3.00. The first kappa shape index (κ1) is 14.6. The predicted molar refractivity (Wildman–Crippen MR) is 72.6 cm³/mol. The Morgan fingerprint density at radius 2 is 1.56 bits per heavy atom. The number of ether oxygens (including phenoxy) is 3. The van der Waals surface area contributed by atoms with Crippen LogP contribution in [0, 0.1) is 0 Å². The summed E-state index contributed by atoms with van der Waals surface area (Å²) in [5.74, 6) is 2.08. The summed E-state index contributed by atoms with van der Waals surface area (Å²) in [6, 6.07) is 3.68. The summed E-state index contributed by atoms with van der Waals surface area (Å²) >= 11 is 0. The molecular weight excluding hydrogens is 230 g/mol. The van der Waals surface area contributed by atoms with E-state index in [0.717, 1.165) is 30.6 Å². The highest BCUT2D eigenvalue weighted by Gasteiger charge is 2.16. The smallest absolute Gasteiger partial charge is 0.164 e. The molecule has 4 nitrogen and oxygen atoms in total. The minimum absolute atomic E-state index is 0.0419.